The zero-order valence-corrected chi connectivity index (χ0v) is 23.9. The van der Waals surface area contributed by atoms with Crippen LogP contribution in [-0.4, -0.2) is 78.4 Å². The van der Waals surface area contributed by atoms with Gasteiger partial charge in [-0.25, -0.2) is 9.59 Å². The highest BCUT2D eigenvalue weighted by atomic mass is 16.7. The molecular weight excluding hydrogens is 542 g/mol. The molecule has 0 aliphatic carbocycles. The van der Waals surface area contributed by atoms with Gasteiger partial charge in [-0.1, -0.05) is 35.5 Å². The number of hydrogen-bond donors (Lipinski definition) is 3. The molecule has 0 atom stereocenters. The molecule has 42 heavy (non-hydrogen) atoms. The lowest BCUT2D eigenvalue weighted by Crippen LogP contribution is -2.39. The van der Waals surface area contributed by atoms with Crippen molar-refractivity contribution in [1.29, 1.82) is 0 Å². The number of nitrogens with one attached hydrogen (secondary N) is 1. The van der Waals surface area contributed by atoms with E-state index in [-0.39, 0.29) is 6.29 Å². The highest BCUT2D eigenvalue weighted by Crippen LogP contribution is 2.32. The monoisotopic (exact) mass is 581 g/mol. The molecule has 0 saturated carbocycles. The van der Waals surface area contributed by atoms with Crippen molar-refractivity contribution in [2.45, 2.75) is 45.1 Å². The van der Waals surface area contributed by atoms with Gasteiger partial charge in [0.05, 0.1) is 24.5 Å². The number of likely N-dealkylation sites (tertiary alicyclic amines) is 1. The zero-order valence-electron chi connectivity index (χ0n) is 23.9. The summed E-state index contributed by atoms with van der Waals surface area (Å²) >= 11 is 0. The van der Waals surface area contributed by atoms with Crippen LogP contribution in [0.5, 0.6) is 5.75 Å². The molecule has 3 heterocycles. The van der Waals surface area contributed by atoms with Crippen molar-refractivity contribution in [3.05, 3.63) is 71.4 Å². The molecule has 3 N–H and O–H groups in total. The van der Waals surface area contributed by atoms with Gasteiger partial charge in [0.2, 0.25) is 0 Å². The minimum Gasteiger partial charge on any atom is -0.488 e. The number of carboxylic acids is 2. The van der Waals surface area contributed by atoms with E-state index in [1.807, 2.05) is 25.2 Å². The fourth-order valence-electron chi connectivity index (χ4n) is 5.15. The standard InChI is InChI=1S/C27H35N3O4.C4H4O4/c1-28-17-23-25(33-19-21-5-3-2-4-6-21)10-8-22-24(29-34-27(22)23)9-7-20-11-13-30(14-12-20)18-26-31-15-16-32-26;5-3(6)1-2-4(7)8/h2-6,8,10,20,26,28H,7,9,11-19H2,1H3;1-2H,(H,5,6)(H,7,8)/b;2-1+. The second kappa shape index (κ2) is 16.0. The van der Waals surface area contributed by atoms with Crippen molar-refractivity contribution < 1.29 is 38.5 Å². The molecule has 226 valence electrons. The third kappa shape index (κ3) is 9.38. The summed E-state index contributed by atoms with van der Waals surface area (Å²) in [6.07, 6.45) is 5.59. The van der Waals surface area contributed by atoms with Crippen LogP contribution in [0.1, 0.15) is 36.1 Å². The van der Waals surface area contributed by atoms with Crippen LogP contribution >= 0.6 is 0 Å². The summed E-state index contributed by atoms with van der Waals surface area (Å²) in [5, 5.41) is 24.4. The van der Waals surface area contributed by atoms with Gasteiger partial charge in [-0.05, 0) is 69.4 Å². The van der Waals surface area contributed by atoms with E-state index < -0.39 is 11.9 Å². The first-order valence-electron chi connectivity index (χ1n) is 14.2. The molecule has 5 rings (SSSR count). The SMILES string of the molecule is CNCc1c(OCc2ccccc2)ccc2c(CCC3CCN(CC4OCCO4)CC3)noc12.O=C(O)/C=C/C(=O)O. The number of aliphatic carboxylic acids is 2. The molecule has 11 heteroatoms. The number of rotatable bonds is 12. The molecule has 0 radical (unpaired) electrons. The Morgan fingerprint density at radius 1 is 1.05 bits per heavy atom. The average molecular weight is 582 g/mol. The average Bonchev–Trinajstić information content (AvgIpc) is 3.66. The minimum atomic E-state index is -1.26. The minimum absolute atomic E-state index is 0.0357. The van der Waals surface area contributed by atoms with E-state index in [2.05, 4.69) is 39.6 Å². The molecule has 11 nitrogen and oxygen atoms in total. The van der Waals surface area contributed by atoms with Crippen LogP contribution in [-0.2, 0) is 38.6 Å². The fraction of sp³-hybridized carbons (Fsp3) is 0.452. The van der Waals surface area contributed by atoms with E-state index in [1.165, 1.54) is 12.8 Å². The Morgan fingerprint density at radius 2 is 1.74 bits per heavy atom. The third-order valence-corrected chi connectivity index (χ3v) is 7.33. The highest BCUT2D eigenvalue weighted by molar-refractivity contribution is 5.89. The van der Waals surface area contributed by atoms with E-state index in [4.69, 9.17) is 28.9 Å². The summed E-state index contributed by atoms with van der Waals surface area (Å²) in [5.74, 6) is -0.950. The number of ether oxygens (including phenoxy) is 3. The van der Waals surface area contributed by atoms with Gasteiger partial charge in [0.25, 0.3) is 0 Å². The molecule has 0 spiro atoms. The lowest BCUT2D eigenvalue weighted by atomic mass is 9.91. The summed E-state index contributed by atoms with van der Waals surface area (Å²) in [6.45, 7) is 5.77. The number of aromatic nitrogens is 1. The predicted molar refractivity (Wildman–Crippen MR) is 155 cm³/mol. The van der Waals surface area contributed by atoms with Crippen LogP contribution in [0.4, 0.5) is 0 Å². The number of benzene rings is 2. The van der Waals surface area contributed by atoms with Gasteiger partial charge in [-0.3, -0.25) is 4.90 Å². The molecule has 1 aromatic heterocycles. The normalized spacial score (nSPS) is 16.5. The van der Waals surface area contributed by atoms with E-state index in [9.17, 15) is 9.59 Å². The van der Waals surface area contributed by atoms with Crippen molar-refractivity contribution in [2.24, 2.45) is 5.92 Å². The van der Waals surface area contributed by atoms with Gasteiger partial charge in [0.15, 0.2) is 11.9 Å². The Bertz CT molecular complexity index is 1300. The van der Waals surface area contributed by atoms with Crippen LogP contribution < -0.4 is 10.1 Å². The number of fused-ring (bicyclic) bond motifs is 1. The molecule has 0 amide bonds. The van der Waals surface area contributed by atoms with Gasteiger partial charge in [-0.15, -0.1) is 0 Å². The summed E-state index contributed by atoms with van der Waals surface area (Å²) in [7, 11) is 1.94. The number of carbonyl (C=O) groups is 2. The largest absolute Gasteiger partial charge is 0.488 e. The van der Waals surface area contributed by atoms with Gasteiger partial charge in [0, 0.05) is 30.6 Å². The quantitative estimate of drug-likeness (QED) is 0.268. The molecule has 2 aromatic carbocycles. The summed E-state index contributed by atoms with van der Waals surface area (Å²) < 4.78 is 23.2. The Labute approximate surface area is 245 Å². The second-order valence-corrected chi connectivity index (χ2v) is 10.3. The maximum Gasteiger partial charge on any atom is 0.328 e. The number of nitrogens with zero attached hydrogens (tertiary/aromatic N) is 2. The number of aryl methyl sites for hydroxylation is 1. The zero-order chi connectivity index (χ0) is 29.7. The number of hydrogen-bond acceptors (Lipinski definition) is 9. The summed E-state index contributed by atoms with van der Waals surface area (Å²) in [5.41, 5.74) is 4.06. The van der Waals surface area contributed by atoms with Gasteiger partial charge in [0.1, 0.15) is 12.4 Å². The lowest BCUT2D eigenvalue weighted by Gasteiger charge is -2.32. The van der Waals surface area contributed by atoms with E-state index in [1.54, 1.807) is 0 Å². The van der Waals surface area contributed by atoms with Crippen molar-refractivity contribution >= 4 is 22.9 Å². The molecule has 2 saturated heterocycles. The van der Waals surface area contributed by atoms with Crippen LogP contribution in [0, 0.1) is 5.92 Å². The summed E-state index contributed by atoms with van der Waals surface area (Å²) in [6, 6.07) is 14.4. The first-order chi connectivity index (χ1) is 20.4. The molecule has 2 fully saturated rings. The van der Waals surface area contributed by atoms with E-state index in [0.29, 0.717) is 25.3 Å². The van der Waals surface area contributed by atoms with Crippen LogP contribution in [0.25, 0.3) is 11.0 Å². The van der Waals surface area contributed by atoms with Crippen LogP contribution in [0.15, 0.2) is 59.1 Å². The Morgan fingerprint density at radius 3 is 2.38 bits per heavy atom. The Balaban J connectivity index is 0.000000446. The van der Waals surface area contributed by atoms with Crippen LogP contribution in [0.2, 0.25) is 0 Å². The molecule has 0 unspecified atom stereocenters. The van der Waals surface area contributed by atoms with Crippen molar-refractivity contribution in [3.63, 3.8) is 0 Å². The number of piperidine rings is 1. The third-order valence-electron chi connectivity index (χ3n) is 7.33. The Hall–Kier alpha value is -3.77. The molecule has 2 aliphatic rings. The molecule has 2 aliphatic heterocycles. The maximum atomic E-state index is 9.55. The van der Waals surface area contributed by atoms with Gasteiger partial charge in [-0.2, -0.15) is 0 Å². The maximum absolute atomic E-state index is 9.55. The topological polar surface area (TPSA) is 144 Å². The summed E-state index contributed by atoms with van der Waals surface area (Å²) in [4.78, 5) is 21.6. The molecular formula is C31H39N3O8. The fourth-order valence-corrected chi connectivity index (χ4v) is 5.15. The van der Waals surface area contributed by atoms with E-state index >= 15 is 0 Å². The van der Waals surface area contributed by atoms with Gasteiger partial charge < -0.3 is 34.3 Å². The second-order valence-electron chi connectivity index (χ2n) is 10.3. The molecule has 3 aromatic rings. The van der Waals surface area contributed by atoms with Crippen molar-refractivity contribution in [3.8, 4) is 5.75 Å². The number of carboxylic acid groups (broad SMARTS) is 2. The first kappa shape index (κ1) is 31.2. The van der Waals surface area contributed by atoms with Gasteiger partial charge >= 0.3 is 11.9 Å². The first-order valence-corrected chi connectivity index (χ1v) is 14.2. The lowest BCUT2D eigenvalue weighted by molar-refractivity contribution is -0.134. The van der Waals surface area contributed by atoms with Crippen molar-refractivity contribution in [1.82, 2.24) is 15.4 Å². The van der Waals surface area contributed by atoms with Crippen molar-refractivity contribution in [2.75, 3.05) is 39.9 Å². The Kier molecular flexibility index (Phi) is 11.9. The molecule has 0 bridgehead atoms. The van der Waals surface area contributed by atoms with Crippen LogP contribution in [0.3, 0.4) is 0 Å². The van der Waals surface area contributed by atoms with E-state index in [0.717, 1.165) is 85.1 Å². The smallest absolute Gasteiger partial charge is 0.328 e. The predicted octanol–water partition coefficient (Wildman–Crippen LogP) is 3.86. The highest BCUT2D eigenvalue weighted by Gasteiger charge is 2.25.